The van der Waals surface area contributed by atoms with Crippen LogP contribution in [-0.4, -0.2) is 35.9 Å². The molecule has 0 aliphatic carbocycles. The number of aromatic nitrogens is 1. The van der Waals surface area contributed by atoms with Crippen molar-refractivity contribution in [2.75, 3.05) is 25.0 Å². The highest BCUT2D eigenvalue weighted by Gasteiger charge is 2.32. The Hall–Kier alpha value is -3.21. The second-order valence-electron chi connectivity index (χ2n) is 8.92. The highest BCUT2D eigenvalue weighted by atomic mass is 19.1. The number of hydrogen-bond acceptors (Lipinski definition) is 3. The van der Waals surface area contributed by atoms with E-state index in [0.29, 0.717) is 6.42 Å². The SMILES string of the molecule is CN1CCCc2cc(C(=O)N3CCCC3c3ccc(Cc4cccc(F)c4)cn3)ccc21. The van der Waals surface area contributed by atoms with Crippen LogP contribution in [0.2, 0.25) is 0 Å². The molecule has 0 N–H and O–H groups in total. The van der Waals surface area contributed by atoms with Gasteiger partial charge in [-0.2, -0.15) is 0 Å². The van der Waals surface area contributed by atoms with E-state index in [4.69, 9.17) is 4.98 Å². The molecule has 32 heavy (non-hydrogen) atoms. The van der Waals surface area contributed by atoms with E-state index in [0.717, 1.165) is 61.2 Å². The predicted octanol–water partition coefficient (Wildman–Crippen LogP) is 5.17. The number of rotatable bonds is 4. The van der Waals surface area contributed by atoms with Crippen LogP contribution >= 0.6 is 0 Å². The van der Waals surface area contributed by atoms with Gasteiger partial charge >= 0.3 is 0 Å². The fourth-order valence-corrected chi connectivity index (χ4v) is 5.02. The summed E-state index contributed by atoms with van der Waals surface area (Å²) < 4.78 is 13.5. The number of benzene rings is 2. The minimum absolute atomic E-state index is 0.00410. The zero-order valence-corrected chi connectivity index (χ0v) is 18.4. The molecule has 1 unspecified atom stereocenters. The lowest BCUT2D eigenvalue weighted by molar-refractivity contribution is 0.0733. The smallest absolute Gasteiger partial charge is 0.254 e. The van der Waals surface area contributed by atoms with Crippen LogP contribution in [-0.2, 0) is 12.8 Å². The molecule has 3 aromatic rings. The van der Waals surface area contributed by atoms with Crippen molar-refractivity contribution in [1.82, 2.24) is 9.88 Å². The van der Waals surface area contributed by atoms with E-state index in [1.165, 1.54) is 17.3 Å². The fraction of sp³-hybridized carbons (Fsp3) is 0.333. The molecule has 1 amide bonds. The van der Waals surface area contributed by atoms with Gasteiger partial charge < -0.3 is 9.80 Å². The lowest BCUT2D eigenvalue weighted by Crippen LogP contribution is -2.31. The van der Waals surface area contributed by atoms with Crippen LogP contribution < -0.4 is 4.90 Å². The van der Waals surface area contributed by atoms with Crippen LogP contribution in [0.1, 0.15) is 58.0 Å². The number of aryl methyl sites for hydroxylation is 1. The summed E-state index contributed by atoms with van der Waals surface area (Å²) in [5.74, 6) is -0.129. The number of carbonyl (C=O) groups is 1. The monoisotopic (exact) mass is 429 g/mol. The van der Waals surface area contributed by atoms with E-state index in [2.05, 4.69) is 24.1 Å². The maximum absolute atomic E-state index is 13.5. The first-order chi connectivity index (χ1) is 15.6. The summed E-state index contributed by atoms with van der Waals surface area (Å²) in [7, 11) is 2.11. The highest BCUT2D eigenvalue weighted by Crippen LogP contribution is 2.34. The Balaban J connectivity index is 1.32. The molecule has 2 aliphatic heterocycles. The Morgan fingerprint density at radius 1 is 1.06 bits per heavy atom. The first kappa shape index (κ1) is 20.7. The van der Waals surface area contributed by atoms with Gasteiger partial charge in [-0.05, 0) is 85.2 Å². The molecule has 164 valence electrons. The van der Waals surface area contributed by atoms with E-state index in [9.17, 15) is 9.18 Å². The average Bonchev–Trinajstić information content (AvgIpc) is 3.29. The van der Waals surface area contributed by atoms with Gasteiger partial charge in [-0.1, -0.05) is 18.2 Å². The van der Waals surface area contributed by atoms with Gasteiger partial charge in [0.15, 0.2) is 0 Å². The minimum Gasteiger partial charge on any atom is -0.374 e. The van der Waals surface area contributed by atoms with Gasteiger partial charge in [-0.15, -0.1) is 0 Å². The molecule has 3 heterocycles. The summed E-state index contributed by atoms with van der Waals surface area (Å²) in [6, 6.07) is 16.9. The molecular formula is C27H28FN3O. The molecule has 1 aromatic heterocycles. The molecule has 5 rings (SSSR count). The Kier molecular flexibility index (Phi) is 5.64. The van der Waals surface area contributed by atoms with E-state index in [1.54, 1.807) is 12.1 Å². The van der Waals surface area contributed by atoms with Crippen molar-refractivity contribution in [1.29, 1.82) is 0 Å². The normalized spacial score (nSPS) is 18.0. The van der Waals surface area contributed by atoms with Crippen molar-refractivity contribution in [2.24, 2.45) is 0 Å². The van der Waals surface area contributed by atoms with Gasteiger partial charge in [0.2, 0.25) is 0 Å². The maximum atomic E-state index is 13.5. The zero-order valence-electron chi connectivity index (χ0n) is 18.4. The lowest BCUT2D eigenvalue weighted by Gasteiger charge is -2.29. The first-order valence-corrected chi connectivity index (χ1v) is 11.4. The van der Waals surface area contributed by atoms with Crippen molar-refractivity contribution >= 4 is 11.6 Å². The van der Waals surface area contributed by atoms with Crippen LogP contribution in [0.3, 0.4) is 0 Å². The Bertz CT molecular complexity index is 1130. The summed E-state index contributed by atoms with van der Waals surface area (Å²) >= 11 is 0. The third-order valence-corrected chi connectivity index (χ3v) is 6.68. The first-order valence-electron chi connectivity index (χ1n) is 11.4. The quantitative estimate of drug-likeness (QED) is 0.574. The summed E-state index contributed by atoms with van der Waals surface area (Å²) in [5.41, 5.74) is 6.16. The Morgan fingerprint density at radius 3 is 2.78 bits per heavy atom. The number of hydrogen-bond donors (Lipinski definition) is 0. The van der Waals surface area contributed by atoms with Crippen LogP contribution in [0.25, 0.3) is 0 Å². The van der Waals surface area contributed by atoms with Crippen LogP contribution in [0, 0.1) is 5.82 Å². The second kappa shape index (κ2) is 8.73. The number of likely N-dealkylation sites (tertiary alicyclic amines) is 1. The molecule has 0 bridgehead atoms. The Labute approximate surface area is 188 Å². The molecule has 1 fully saturated rings. The molecule has 5 heteroatoms. The molecule has 4 nitrogen and oxygen atoms in total. The van der Waals surface area contributed by atoms with Crippen molar-refractivity contribution < 1.29 is 9.18 Å². The molecule has 0 radical (unpaired) electrons. The van der Waals surface area contributed by atoms with Gasteiger partial charge in [0.25, 0.3) is 5.91 Å². The van der Waals surface area contributed by atoms with Crippen LogP contribution in [0.5, 0.6) is 0 Å². The molecule has 1 atom stereocenters. The molecule has 2 aromatic carbocycles. The second-order valence-corrected chi connectivity index (χ2v) is 8.92. The van der Waals surface area contributed by atoms with Gasteiger partial charge in [-0.25, -0.2) is 4.39 Å². The maximum Gasteiger partial charge on any atom is 0.254 e. The number of pyridine rings is 1. The number of nitrogens with zero attached hydrogens (tertiary/aromatic N) is 3. The fourth-order valence-electron chi connectivity index (χ4n) is 5.02. The third kappa shape index (κ3) is 4.12. The van der Waals surface area contributed by atoms with Crippen molar-refractivity contribution in [3.05, 3.63) is 94.6 Å². The van der Waals surface area contributed by atoms with Crippen molar-refractivity contribution in [3.63, 3.8) is 0 Å². The van der Waals surface area contributed by atoms with Crippen molar-refractivity contribution in [3.8, 4) is 0 Å². The zero-order chi connectivity index (χ0) is 22.1. The third-order valence-electron chi connectivity index (χ3n) is 6.68. The summed E-state index contributed by atoms with van der Waals surface area (Å²) in [6.45, 7) is 1.82. The molecular weight excluding hydrogens is 401 g/mol. The van der Waals surface area contributed by atoms with E-state index >= 15 is 0 Å². The largest absolute Gasteiger partial charge is 0.374 e. The summed E-state index contributed by atoms with van der Waals surface area (Å²) in [5, 5.41) is 0. The van der Waals surface area contributed by atoms with E-state index in [1.807, 2.05) is 35.4 Å². The number of halogens is 1. The van der Waals surface area contributed by atoms with Gasteiger partial charge in [-0.3, -0.25) is 9.78 Å². The summed E-state index contributed by atoms with van der Waals surface area (Å²) in [4.78, 5) is 22.3. The number of anilines is 1. The number of fused-ring (bicyclic) bond motifs is 1. The topological polar surface area (TPSA) is 36.4 Å². The molecule has 0 spiro atoms. The number of amides is 1. The number of carbonyl (C=O) groups excluding carboxylic acids is 1. The predicted molar refractivity (Wildman–Crippen MR) is 124 cm³/mol. The van der Waals surface area contributed by atoms with E-state index < -0.39 is 0 Å². The highest BCUT2D eigenvalue weighted by molar-refractivity contribution is 5.95. The standard InChI is InChI=1S/C27H28FN3O/c1-30-13-3-6-21-17-22(10-12-25(21)30)27(32)31-14-4-8-26(31)24-11-9-20(18-29-24)15-19-5-2-7-23(28)16-19/h2,5,7,9-12,16-18,26H,3-4,6,8,13-15H2,1H3. The van der Waals surface area contributed by atoms with Crippen LogP contribution in [0.15, 0.2) is 60.8 Å². The molecule has 0 saturated carbocycles. The lowest BCUT2D eigenvalue weighted by atomic mass is 9.99. The summed E-state index contributed by atoms with van der Waals surface area (Å²) in [6.07, 6.45) is 6.56. The van der Waals surface area contributed by atoms with E-state index in [-0.39, 0.29) is 17.8 Å². The minimum atomic E-state index is -0.221. The van der Waals surface area contributed by atoms with Gasteiger partial charge in [0.1, 0.15) is 5.82 Å². The molecule has 1 saturated heterocycles. The molecule has 2 aliphatic rings. The van der Waals surface area contributed by atoms with Crippen molar-refractivity contribution in [2.45, 2.75) is 38.1 Å². The van der Waals surface area contributed by atoms with Gasteiger partial charge in [0, 0.05) is 37.6 Å². The van der Waals surface area contributed by atoms with Gasteiger partial charge in [0.05, 0.1) is 11.7 Å². The average molecular weight is 430 g/mol. The van der Waals surface area contributed by atoms with Crippen LogP contribution in [0.4, 0.5) is 10.1 Å². The Morgan fingerprint density at radius 2 is 1.97 bits per heavy atom.